The summed E-state index contributed by atoms with van der Waals surface area (Å²) in [5.41, 5.74) is 2.02. The number of nitrogens with one attached hydrogen (secondary N) is 1. The molecule has 3 heterocycles. The topological polar surface area (TPSA) is 69.0 Å². The summed E-state index contributed by atoms with van der Waals surface area (Å²) in [6.07, 6.45) is 1.72. The lowest BCUT2D eigenvalue weighted by Gasteiger charge is -2.25. The number of ether oxygens (including phenoxy) is 1. The summed E-state index contributed by atoms with van der Waals surface area (Å²) < 4.78 is 20.5. The smallest absolute Gasteiger partial charge is 0.251 e. The number of pyridine rings is 1. The number of amides is 1. The Kier molecular flexibility index (Phi) is 3.70. The summed E-state index contributed by atoms with van der Waals surface area (Å²) in [6.45, 7) is 1.28. The predicted octanol–water partition coefficient (Wildman–Crippen LogP) is 2.07. The van der Waals surface area contributed by atoms with Gasteiger partial charge in [-0.15, -0.1) is 0 Å². The molecule has 3 aromatic rings. The Morgan fingerprint density at radius 2 is 2.17 bits per heavy atom. The minimum Gasteiger partial charge on any atom is -0.371 e. The lowest BCUT2D eigenvalue weighted by Crippen LogP contribution is -2.35. The number of hydrogen-bond donors (Lipinski definition) is 1. The van der Waals surface area contributed by atoms with Crippen LogP contribution in [0.4, 0.5) is 4.39 Å². The average Bonchev–Trinajstić information content (AvgIpc) is 2.99. The van der Waals surface area contributed by atoms with Crippen LogP contribution in [0.15, 0.2) is 42.6 Å². The highest BCUT2D eigenvalue weighted by Gasteiger charge is 2.25. The van der Waals surface area contributed by atoms with Crippen molar-refractivity contribution in [2.75, 3.05) is 13.2 Å². The first-order valence-electron chi connectivity index (χ1n) is 7.66. The lowest BCUT2D eigenvalue weighted by atomic mass is 10.2. The Hall–Kier alpha value is -2.80. The molecule has 1 N–H and O–H groups in total. The van der Waals surface area contributed by atoms with Crippen LogP contribution >= 0.6 is 0 Å². The second kappa shape index (κ2) is 6.01. The van der Waals surface area contributed by atoms with E-state index in [1.54, 1.807) is 6.20 Å². The van der Waals surface area contributed by atoms with Crippen molar-refractivity contribution in [3.05, 3.63) is 59.8 Å². The third-order valence-electron chi connectivity index (χ3n) is 4.03. The number of carbonyl (C=O) groups excluding carboxylic acids is 1. The van der Waals surface area contributed by atoms with E-state index in [1.807, 2.05) is 16.7 Å². The standard InChI is InChI=1S/C17H15FN4O2/c18-12-5-3-11(4-6-12)17(23)20-8-13-9-24-10-15-21-14-2-1-7-19-16(14)22(13)15/h1-7,13H,8-10H2,(H,20,23). The van der Waals surface area contributed by atoms with E-state index in [0.717, 1.165) is 17.0 Å². The van der Waals surface area contributed by atoms with Gasteiger partial charge in [-0.25, -0.2) is 14.4 Å². The van der Waals surface area contributed by atoms with Crippen LogP contribution in [0.5, 0.6) is 0 Å². The molecular formula is C17H15FN4O2. The number of carbonyl (C=O) groups is 1. The minimum absolute atomic E-state index is 0.0851. The molecule has 24 heavy (non-hydrogen) atoms. The molecule has 2 aromatic heterocycles. The van der Waals surface area contributed by atoms with Gasteiger partial charge in [-0.1, -0.05) is 0 Å². The molecule has 4 rings (SSSR count). The van der Waals surface area contributed by atoms with Crippen molar-refractivity contribution in [2.24, 2.45) is 0 Å². The Morgan fingerprint density at radius 3 is 3.00 bits per heavy atom. The molecule has 1 amide bonds. The van der Waals surface area contributed by atoms with Crippen LogP contribution in [0.3, 0.4) is 0 Å². The minimum atomic E-state index is -0.368. The molecule has 0 bridgehead atoms. The van der Waals surface area contributed by atoms with Gasteiger partial charge in [-0.3, -0.25) is 4.79 Å². The molecule has 0 aliphatic carbocycles. The summed E-state index contributed by atoms with van der Waals surface area (Å²) in [5.74, 6) is 0.184. The van der Waals surface area contributed by atoms with E-state index in [9.17, 15) is 9.18 Å². The number of halogens is 1. The van der Waals surface area contributed by atoms with Gasteiger partial charge < -0.3 is 14.6 Å². The van der Waals surface area contributed by atoms with Crippen LogP contribution in [0, 0.1) is 5.82 Å². The second-order valence-electron chi connectivity index (χ2n) is 5.63. The fraction of sp³-hybridized carbons (Fsp3) is 0.235. The van der Waals surface area contributed by atoms with Gasteiger partial charge in [0.1, 0.15) is 23.8 Å². The van der Waals surface area contributed by atoms with Crippen molar-refractivity contribution >= 4 is 17.1 Å². The highest BCUT2D eigenvalue weighted by atomic mass is 19.1. The number of aromatic nitrogens is 3. The second-order valence-corrected chi connectivity index (χ2v) is 5.63. The zero-order chi connectivity index (χ0) is 16.5. The van der Waals surface area contributed by atoms with Gasteiger partial charge in [0.2, 0.25) is 0 Å². The third-order valence-corrected chi connectivity index (χ3v) is 4.03. The van der Waals surface area contributed by atoms with E-state index >= 15 is 0 Å². The molecule has 0 spiro atoms. The molecule has 0 saturated heterocycles. The van der Waals surface area contributed by atoms with E-state index in [2.05, 4.69) is 15.3 Å². The summed E-state index contributed by atoms with van der Waals surface area (Å²) >= 11 is 0. The van der Waals surface area contributed by atoms with Crippen molar-refractivity contribution in [1.29, 1.82) is 0 Å². The van der Waals surface area contributed by atoms with E-state index in [4.69, 9.17) is 4.74 Å². The quantitative estimate of drug-likeness (QED) is 0.800. The molecule has 1 atom stereocenters. The first kappa shape index (κ1) is 14.8. The SMILES string of the molecule is O=C(NCC1COCc2nc3cccnc3n21)c1ccc(F)cc1. The number of benzene rings is 1. The van der Waals surface area contributed by atoms with Crippen LogP contribution in [-0.2, 0) is 11.3 Å². The number of imidazole rings is 1. The molecule has 7 heteroatoms. The van der Waals surface area contributed by atoms with Gasteiger partial charge >= 0.3 is 0 Å². The Labute approximate surface area is 137 Å². The number of rotatable bonds is 3. The predicted molar refractivity (Wildman–Crippen MR) is 85.0 cm³/mol. The van der Waals surface area contributed by atoms with Crippen LogP contribution in [-0.4, -0.2) is 33.6 Å². The molecule has 1 unspecified atom stereocenters. The summed E-state index contributed by atoms with van der Waals surface area (Å²) in [4.78, 5) is 21.1. The summed E-state index contributed by atoms with van der Waals surface area (Å²) in [7, 11) is 0. The van der Waals surface area contributed by atoms with Crippen molar-refractivity contribution in [1.82, 2.24) is 19.9 Å². The summed E-state index contributed by atoms with van der Waals surface area (Å²) in [6, 6.07) is 9.12. The van der Waals surface area contributed by atoms with E-state index in [0.29, 0.717) is 25.3 Å². The average molecular weight is 326 g/mol. The zero-order valence-corrected chi connectivity index (χ0v) is 12.8. The molecule has 1 aliphatic heterocycles. The summed E-state index contributed by atoms with van der Waals surface area (Å²) in [5, 5.41) is 2.87. The van der Waals surface area contributed by atoms with E-state index in [-0.39, 0.29) is 17.8 Å². The first-order valence-corrected chi connectivity index (χ1v) is 7.66. The van der Waals surface area contributed by atoms with Gasteiger partial charge in [-0.05, 0) is 36.4 Å². The first-order chi connectivity index (χ1) is 11.7. The molecule has 6 nitrogen and oxygen atoms in total. The number of fused-ring (bicyclic) bond motifs is 3. The number of nitrogens with zero attached hydrogens (tertiary/aromatic N) is 3. The maximum atomic E-state index is 12.9. The Balaban J connectivity index is 1.54. The lowest BCUT2D eigenvalue weighted by molar-refractivity contribution is 0.0551. The van der Waals surface area contributed by atoms with Crippen molar-refractivity contribution in [2.45, 2.75) is 12.6 Å². The molecule has 0 saturated carbocycles. The molecule has 0 radical (unpaired) electrons. The fourth-order valence-electron chi connectivity index (χ4n) is 2.89. The van der Waals surface area contributed by atoms with Crippen molar-refractivity contribution in [3.8, 4) is 0 Å². The molecule has 1 aliphatic rings. The Bertz CT molecular complexity index is 891. The fourth-order valence-corrected chi connectivity index (χ4v) is 2.89. The van der Waals surface area contributed by atoms with Gasteiger partial charge in [0.05, 0.1) is 12.6 Å². The molecular weight excluding hydrogens is 311 g/mol. The van der Waals surface area contributed by atoms with E-state index < -0.39 is 0 Å². The van der Waals surface area contributed by atoms with Crippen LogP contribution < -0.4 is 5.32 Å². The van der Waals surface area contributed by atoms with E-state index in [1.165, 1.54) is 24.3 Å². The largest absolute Gasteiger partial charge is 0.371 e. The van der Waals surface area contributed by atoms with Crippen molar-refractivity contribution < 1.29 is 13.9 Å². The number of hydrogen-bond acceptors (Lipinski definition) is 4. The van der Waals surface area contributed by atoms with Crippen LogP contribution in [0.1, 0.15) is 22.2 Å². The van der Waals surface area contributed by atoms with Crippen LogP contribution in [0.25, 0.3) is 11.2 Å². The molecule has 1 aromatic carbocycles. The van der Waals surface area contributed by atoms with Gasteiger partial charge in [0.25, 0.3) is 5.91 Å². The van der Waals surface area contributed by atoms with Gasteiger partial charge in [-0.2, -0.15) is 0 Å². The van der Waals surface area contributed by atoms with Crippen molar-refractivity contribution in [3.63, 3.8) is 0 Å². The van der Waals surface area contributed by atoms with Crippen LogP contribution in [0.2, 0.25) is 0 Å². The maximum absolute atomic E-state index is 12.9. The third kappa shape index (κ3) is 2.63. The zero-order valence-electron chi connectivity index (χ0n) is 12.8. The highest BCUT2D eigenvalue weighted by molar-refractivity contribution is 5.94. The molecule has 122 valence electrons. The maximum Gasteiger partial charge on any atom is 0.251 e. The molecule has 0 fully saturated rings. The Morgan fingerprint density at radius 1 is 1.33 bits per heavy atom. The van der Waals surface area contributed by atoms with Gasteiger partial charge in [0.15, 0.2) is 5.65 Å². The van der Waals surface area contributed by atoms with Gasteiger partial charge in [0, 0.05) is 18.3 Å². The normalized spacial score (nSPS) is 16.8. The monoisotopic (exact) mass is 326 g/mol. The highest BCUT2D eigenvalue weighted by Crippen LogP contribution is 2.24.